The number of hydrazone groups is 1. The molecule has 0 spiro atoms. The molecule has 30 heavy (non-hydrogen) atoms. The fraction of sp³-hybridized carbons (Fsp3) is 0.238. The molecular formula is C21H20N6O3. The Labute approximate surface area is 172 Å². The molecule has 2 aromatic heterocycles. The topological polar surface area (TPSA) is 114 Å². The van der Waals surface area contributed by atoms with E-state index < -0.39 is 0 Å². The van der Waals surface area contributed by atoms with Crippen LogP contribution in [-0.2, 0) is 9.59 Å². The number of aromatic nitrogens is 3. The van der Waals surface area contributed by atoms with E-state index in [0.29, 0.717) is 23.6 Å². The maximum atomic E-state index is 12.5. The molecule has 0 bridgehead atoms. The quantitative estimate of drug-likeness (QED) is 0.699. The predicted molar refractivity (Wildman–Crippen MR) is 110 cm³/mol. The minimum Gasteiger partial charge on any atom is -0.332 e. The number of carbonyl (C=O) groups excluding carboxylic acids is 2. The lowest BCUT2D eigenvalue weighted by molar-refractivity contribution is -0.135. The van der Waals surface area contributed by atoms with Gasteiger partial charge in [-0.3, -0.25) is 14.6 Å². The molecule has 1 aliphatic rings. The normalized spacial score (nSPS) is 13.9. The molecule has 1 aliphatic heterocycles. The average molecular weight is 404 g/mol. The molecule has 0 radical (unpaired) electrons. The van der Waals surface area contributed by atoms with Gasteiger partial charge in [0.05, 0.1) is 0 Å². The van der Waals surface area contributed by atoms with Crippen LogP contribution in [0.5, 0.6) is 0 Å². The average Bonchev–Trinajstić information content (AvgIpc) is 3.23. The molecule has 2 amide bonds. The number of hydrogen-bond donors (Lipinski definition) is 1. The van der Waals surface area contributed by atoms with E-state index in [2.05, 4.69) is 25.5 Å². The standard InChI is InChI=1S/C21H20N6O3/c1-13-3-4-14(2)17(11-13)23-18(28)12-27-19(29)6-5-16(25-27)21-24-20(26-30-21)15-7-9-22-10-8-15/h3-4,7-11H,5-6,12H2,1-2H3,(H,23,28). The van der Waals surface area contributed by atoms with Gasteiger partial charge in [0, 0.05) is 36.5 Å². The lowest BCUT2D eigenvalue weighted by atomic mass is 10.1. The first-order valence-electron chi connectivity index (χ1n) is 9.49. The molecule has 1 aromatic carbocycles. The minimum absolute atomic E-state index is 0.193. The monoisotopic (exact) mass is 404 g/mol. The van der Waals surface area contributed by atoms with E-state index in [9.17, 15) is 9.59 Å². The molecule has 0 unspecified atom stereocenters. The van der Waals surface area contributed by atoms with Crippen LogP contribution < -0.4 is 5.32 Å². The van der Waals surface area contributed by atoms with Crippen LogP contribution in [0.2, 0.25) is 0 Å². The molecule has 0 saturated heterocycles. The Kier molecular flexibility index (Phi) is 5.34. The molecule has 0 saturated carbocycles. The van der Waals surface area contributed by atoms with Crippen molar-refractivity contribution in [3.8, 4) is 11.4 Å². The highest BCUT2D eigenvalue weighted by Crippen LogP contribution is 2.19. The Morgan fingerprint density at radius 1 is 1.17 bits per heavy atom. The third kappa shape index (κ3) is 4.24. The number of pyridine rings is 1. The van der Waals surface area contributed by atoms with Gasteiger partial charge in [-0.05, 0) is 43.2 Å². The molecule has 152 valence electrons. The molecule has 0 aliphatic carbocycles. The summed E-state index contributed by atoms with van der Waals surface area (Å²) in [6, 6.07) is 9.33. The number of carbonyl (C=O) groups is 2. The van der Waals surface area contributed by atoms with Gasteiger partial charge in [-0.25, -0.2) is 5.01 Å². The molecule has 9 nitrogen and oxygen atoms in total. The summed E-state index contributed by atoms with van der Waals surface area (Å²) in [6.07, 6.45) is 3.85. The van der Waals surface area contributed by atoms with Gasteiger partial charge in [0.1, 0.15) is 12.3 Å². The van der Waals surface area contributed by atoms with Crippen molar-refractivity contribution in [1.29, 1.82) is 0 Å². The Morgan fingerprint density at radius 2 is 1.97 bits per heavy atom. The largest absolute Gasteiger partial charge is 0.332 e. The summed E-state index contributed by atoms with van der Waals surface area (Å²) in [7, 11) is 0. The number of anilines is 1. The zero-order chi connectivity index (χ0) is 21.1. The highest BCUT2D eigenvalue weighted by molar-refractivity contribution is 6.02. The molecule has 0 atom stereocenters. The summed E-state index contributed by atoms with van der Waals surface area (Å²) < 4.78 is 5.32. The van der Waals surface area contributed by atoms with Gasteiger partial charge in [-0.2, -0.15) is 10.1 Å². The predicted octanol–water partition coefficient (Wildman–Crippen LogP) is 2.71. The number of hydrogen-bond acceptors (Lipinski definition) is 7. The van der Waals surface area contributed by atoms with Crippen molar-refractivity contribution >= 4 is 23.2 Å². The highest BCUT2D eigenvalue weighted by atomic mass is 16.5. The smallest absolute Gasteiger partial charge is 0.274 e. The van der Waals surface area contributed by atoms with E-state index in [4.69, 9.17) is 4.52 Å². The van der Waals surface area contributed by atoms with Crippen LogP contribution in [0.15, 0.2) is 52.4 Å². The molecule has 3 aromatic rings. The van der Waals surface area contributed by atoms with Crippen molar-refractivity contribution < 1.29 is 14.1 Å². The Bertz CT molecular complexity index is 1120. The van der Waals surface area contributed by atoms with E-state index in [0.717, 1.165) is 21.7 Å². The molecule has 1 N–H and O–H groups in total. The van der Waals surface area contributed by atoms with Crippen LogP contribution in [0.1, 0.15) is 29.9 Å². The fourth-order valence-electron chi connectivity index (χ4n) is 3.03. The zero-order valence-electron chi connectivity index (χ0n) is 16.6. The summed E-state index contributed by atoms with van der Waals surface area (Å²) in [5, 5.41) is 12.2. The number of amides is 2. The first-order chi connectivity index (χ1) is 14.5. The van der Waals surface area contributed by atoms with Crippen LogP contribution in [-0.4, -0.2) is 44.2 Å². The van der Waals surface area contributed by atoms with Crippen molar-refractivity contribution in [2.24, 2.45) is 5.10 Å². The van der Waals surface area contributed by atoms with Gasteiger partial charge in [-0.15, -0.1) is 0 Å². The van der Waals surface area contributed by atoms with E-state index >= 15 is 0 Å². The lowest BCUT2D eigenvalue weighted by Gasteiger charge is -2.22. The van der Waals surface area contributed by atoms with Gasteiger partial charge in [0.2, 0.25) is 17.6 Å². The second kappa shape index (κ2) is 8.24. The number of rotatable bonds is 5. The van der Waals surface area contributed by atoms with Gasteiger partial charge in [0.25, 0.3) is 5.89 Å². The minimum atomic E-state index is -0.329. The summed E-state index contributed by atoms with van der Waals surface area (Å²) in [6.45, 7) is 3.67. The molecule has 9 heteroatoms. The number of nitrogens with zero attached hydrogens (tertiary/aromatic N) is 5. The molecule has 4 rings (SSSR count). The van der Waals surface area contributed by atoms with Crippen molar-refractivity contribution in [3.05, 3.63) is 59.7 Å². The van der Waals surface area contributed by atoms with E-state index in [-0.39, 0.29) is 30.7 Å². The summed E-state index contributed by atoms with van der Waals surface area (Å²) in [4.78, 5) is 33.1. The number of nitrogens with one attached hydrogen (secondary N) is 1. The fourth-order valence-corrected chi connectivity index (χ4v) is 3.03. The Morgan fingerprint density at radius 3 is 2.77 bits per heavy atom. The van der Waals surface area contributed by atoms with Crippen molar-refractivity contribution in [2.75, 3.05) is 11.9 Å². The number of benzene rings is 1. The molecule has 0 fully saturated rings. The van der Waals surface area contributed by atoms with Crippen LogP contribution in [0.25, 0.3) is 11.4 Å². The Hall–Kier alpha value is -3.88. The van der Waals surface area contributed by atoms with Crippen LogP contribution in [0, 0.1) is 13.8 Å². The maximum absolute atomic E-state index is 12.5. The summed E-state index contributed by atoms with van der Waals surface area (Å²) in [5.74, 6) is 0.0780. The van der Waals surface area contributed by atoms with Gasteiger partial charge >= 0.3 is 0 Å². The van der Waals surface area contributed by atoms with Crippen LogP contribution in [0.4, 0.5) is 5.69 Å². The van der Waals surface area contributed by atoms with Crippen molar-refractivity contribution in [1.82, 2.24) is 20.1 Å². The van der Waals surface area contributed by atoms with E-state index in [1.807, 2.05) is 32.0 Å². The second-order valence-corrected chi connectivity index (χ2v) is 7.02. The van der Waals surface area contributed by atoms with Gasteiger partial charge in [-0.1, -0.05) is 17.3 Å². The third-order valence-electron chi connectivity index (χ3n) is 4.68. The summed E-state index contributed by atoms with van der Waals surface area (Å²) in [5.41, 5.74) is 3.93. The molecule has 3 heterocycles. The van der Waals surface area contributed by atoms with Crippen LogP contribution in [0.3, 0.4) is 0 Å². The SMILES string of the molecule is Cc1ccc(C)c(NC(=O)CN2N=C(c3nc(-c4ccncc4)no3)CCC2=O)c1. The highest BCUT2D eigenvalue weighted by Gasteiger charge is 2.26. The van der Waals surface area contributed by atoms with Crippen molar-refractivity contribution in [2.45, 2.75) is 26.7 Å². The number of aryl methyl sites for hydroxylation is 2. The van der Waals surface area contributed by atoms with E-state index in [1.165, 1.54) is 0 Å². The molecular weight excluding hydrogens is 384 g/mol. The summed E-state index contributed by atoms with van der Waals surface area (Å²) >= 11 is 0. The van der Waals surface area contributed by atoms with Crippen LogP contribution >= 0.6 is 0 Å². The zero-order valence-corrected chi connectivity index (χ0v) is 16.6. The third-order valence-corrected chi connectivity index (χ3v) is 4.68. The lowest BCUT2D eigenvalue weighted by Crippen LogP contribution is -2.38. The first kappa shape index (κ1) is 19.4. The maximum Gasteiger partial charge on any atom is 0.274 e. The van der Waals surface area contributed by atoms with Crippen molar-refractivity contribution in [3.63, 3.8) is 0 Å². The first-order valence-corrected chi connectivity index (χ1v) is 9.49. The Balaban J connectivity index is 1.49. The second-order valence-electron chi connectivity index (χ2n) is 7.02. The van der Waals surface area contributed by atoms with Gasteiger partial charge in [0.15, 0.2) is 0 Å². The van der Waals surface area contributed by atoms with E-state index in [1.54, 1.807) is 24.5 Å². The van der Waals surface area contributed by atoms with Gasteiger partial charge < -0.3 is 9.84 Å².